The number of hydrogen-bond donors (Lipinski definition) is 2. The summed E-state index contributed by atoms with van der Waals surface area (Å²) in [7, 11) is 0. The first-order valence-electron chi connectivity index (χ1n) is 6.37. The Morgan fingerprint density at radius 3 is 2.61 bits per heavy atom. The Balaban J connectivity index is 2.41. The smallest absolute Gasteiger partial charge is 0.223 e. The van der Waals surface area contributed by atoms with E-state index in [-0.39, 0.29) is 11.8 Å². The molecule has 3 N–H and O–H groups in total. The standard InChI is InChI=1S/C14H22N2OS/c1-3-18-13-6-4-12(5-7-13)10-16-14(17)11(2)8-9-15/h4-7,11H,3,8-10,15H2,1-2H3,(H,16,17). The Hall–Kier alpha value is -1.00. The fourth-order valence-electron chi connectivity index (χ4n) is 1.61. The predicted octanol–water partition coefficient (Wildman–Crippen LogP) is 2.40. The number of hydrogen-bond acceptors (Lipinski definition) is 3. The summed E-state index contributed by atoms with van der Waals surface area (Å²) in [5, 5.41) is 2.93. The maximum absolute atomic E-state index is 11.7. The molecule has 4 heteroatoms. The molecule has 100 valence electrons. The molecule has 1 aromatic carbocycles. The van der Waals surface area contributed by atoms with Gasteiger partial charge in [0.05, 0.1) is 0 Å². The largest absolute Gasteiger partial charge is 0.352 e. The molecular formula is C14H22N2OS. The SMILES string of the molecule is CCSc1ccc(CNC(=O)C(C)CCN)cc1. The maximum Gasteiger partial charge on any atom is 0.223 e. The summed E-state index contributed by atoms with van der Waals surface area (Å²) < 4.78 is 0. The van der Waals surface area contributed by atoms with Crippen LogP contribution in [0.5, 0.6) is 0 Å². The highest BCUT2D eigenvalue weighted by Crippen LogP contribution is 2.17. The molecule has 0 aromatic heterocycles. The van der Waals surface area contributed by atoms with E-state index in [9.17, 15) is 4.79 Å². The lowest BCUT2D eigenvalue weighted by Gasteiger charge is -2.11. The fraction of sp³-hybridized carbons (Fsp3) is 0.500. The highest BCUT2D eigenvalue weighted by atomic mass is 32.2. The van der Waals surface area contributed by atoms with Gasteiger partial charge in [-0.05, 0) is 36.4 Å². The quantitative estimate of drug-likeness (QED) is 0.745. The molecule has 0 heterocycles. The summed E-state index contributed by atoms with van der Waals surface area (Å²) in [5.74, 6) is 1.14. The third-order valence-electron chi connectivity index (χ3n) is 2.75. The van der Waals surface area contributed by atoms with E-state index >= 15 is 0 Å². The minimum Gasteiger partial charge on any atom is -0.352 e. The molecular weight excluding hydrogens is 244 g/mol. The second kappa shape index (κ2) is 8.16. The first-order valence-corrected chi connectivity index (χ1v) is 7.35. The molecule has 0 fully saturated rings. The summed E-state index contributed by atoms with van der Waals surface area (Å²) in [5.41, 5.74) is 6.57. The van der Waals surface area contributed by atoms with E-state index in [0.29, 0.717) is 13.1 Å². The van der Waals surface area contributed by atoms with Crippen LogP contribution in [0.2, 0.25) is 0 Å². The van der Waals surface area contributed by atoms with Crippen LogP contribution in [-0.2, 0) is 11.3 Å². The first kappa shape index (κ1) is 15.1. The van der Waals surface area contributed by atoms with E-state index in [4.69, 9.17) is 5.73 Å². The van der Waals surface area contributed by atoms with Gasteiger partial charge >= 0.3 is 0 Å². The lowest BCUT2D eigenvalue weighted by atomic mass is 10.1. The Bertz CT molecular complexity index is 365. The molecule has 1 atom stereocenters. The molecule has 1 aromatic rings. The normalized spacial score (nSPS) is 12.2. The van der Waals surface area contributed by atoms with E-state index in [1.165, 1.54) is 4.90 Å². The molecule has 0 aliphatic rings. The van der Waals surface area contributed by atoms with E-state index in [1.807, 2.05) is 18.7 Å². The Morgan fingerprint density at radius 2 is 2.06 bits per heavy atom. The van der Waals surface area contributed by atoms with Crippen molar-refractivity contribution in [3.05, 3.63) is 29.8 Å². The third-order valence-corrected chi connectivity index (χ3v) is 3.64. The van der Waals surface area contributed by atoms with E-state index in [1.54, 1.807) is 0 Å². The van der Waals surface area contributed by atoms with Crippen LogP contribution < -0.4 is 11.1 Å². The van der Waals surface area contributed by atoms with Crippen molar-refractivity contribution in [2.24, 2.45) is 11.7 Å². The lowest BCUT2D eigenvalue weighted by Crippen LogP contribution is -2.29. The van der Waals surface area contributed by atoms with Crippen LogP contribution >= 0.6 is 11.8 Å². The van der Waals surface area contributed by atoms with Crippen LogP contribution in [0, 0.1) is 5.92 Å². The molecule has 0 aliphatic carbocycles. The predicted molar refractivity (Wildman–Crippen MR) is 77.5 cm³/mol. The van der Waals surface area contributed by atoms with E-state index in [2.05, 4.69) is 36.5 Å². The molecule has 0 spiro atoms. The maximum atomic E-state index is 11.7. The summed E-state index contributed by atoms with van der Waals surface area (Å²) in [6.07, 6.45) is 0.734. The highest BCUT2D eigenvalue weighted by Gasteiger charge is 2.10. The van der Waals surface area contributed by atoms with Crippen LogP contribution in [0.15, 0.2) is 29.2 Å². The van der Waals surface area contributed by atoms with Gasteiger partial charge in [-0.25, -0.2) is 0 Å². The van der Waals surface area contributed by atoms with Gasteiger partial charge in [-0.1, -0.05) is 26.0 Å². The minimum atomic E-state index is -0.00933. The highest BCUT2D eigenvalue weighted by molar-refractivity contribution is 7.99. The average molecular weight is 266 g/mol. The van der Waals surface area contributed by atoms with Crippen LogP contribution in [0.25, 0.3) is 0 Å². The number of nitrogens with two attached hydrogens (primary N) is 1. The molecule has 0 aliphatic heterocycles. The monoisotopic (exact) mass is 266 g/mol. The fourth-order valence-corrected chi connectivity index (χ4v) is 2.28. The number of thioether (sulfide) groups is 1. The first-order chi connectivity index (χ1) is 8.67. The molecule has 3 nitrogen and oxygen atoms in total. The molecule has 0 radical (unpaired) electrons. The van der Waals surface area contributed by atoms with Gasteiger partial charge in [-0.2, -0.15) is 0 Å². The van der Waals surface area contributed by atoms with Gasteiger partial charge in [0.1, 0.15) is 0 Å². The van der Waals surface area contributed by atoms with Gasteiger partial charge in [0, 0.05) is 17.4 Å². The summed E-state index contributed by atoms with van der Waals surface area (Å²) >= 11 is 1.82. The van der Waals surface area contributed by atoms with Gasteiger partial charge in [-0.3, -0.25) is 4.79 Å². The minimum absolute atomic E-state index is 0.00933. The Morgan fingerprint density at radius 1 is 1.39 bits per heavy atom. The molecule has 0 bridgehead atoms. The van der Waals surface area contributed by atoms with Crippen molar-refractivity contribution in [3.63, 3.8) is 0 Å². The Labute approximate surface area is 114 Å². The molecule has 0 saturated heterocycles. The van der Waals surface area contributed by atoms with Crippen LogP contribution in [0.4, 0.5) is 0 Å². The van der Waals surface area contributed by atoms with Crippen molar-refractivity contribution >= 4 is 17.7 Å². The van der Waals surface area contributed by atoms with Crippen molar-refractivity contribution in [1.29, 1.82) is 0 Å². The average Bonchev–Trinajstić information content (AvgIpc) is 2.38. The van der Waals surface area contributed by atoms with Crippen molar-refractivity contribution in [2.75, 3.05) is 12.3 Å². The zero-order valence-electron chi connectivity index (χ0n) is 11.1. The van der Waals surface area contributed by atoms with Crippen molar-refractivity contribution in [3.8, 4) is 0 Å². The van der Waals surface area contributed by atoms with Gasteiger partial charge < -0.3 is 11.1 Å². The topological polar surface area (TPSA) is 55.1 Å². The zero-order valence-corrected chi connectivity index (χ0v) is 11.9. The summed E-state index contributed by atoms with van der Waals surface area (Å²) in [6, 6.07) is 8.32. The molecule has 1 amide bonds. The molecule has 0 saturated carbocycles. The zero-order chi connectivity index (χ0) is 13.4. The van der Waals surface area contributed by atoms with Crippen molar-refractivity contribution in [1.82, 2.24) is 5.32 Å². The molecule has 18 heavy (non-hydrogen) atoms. The van der Waals surface area contributed by atoms with Crippen molar-refractivity contribution in [2.45, 2.75) is 31.7 Å². The number of amides is 1. The number of rotatable bonds is 7. The second-order valence-electron chi connectivity index (χ2n) is 4.27. The van der Waals surface area contributed by atoms with Gasteiger partial charge in [0.2, 0.25) is 5.91 Å². The summed E-state index contributed by atoms with van der Waals surface area (Å²) in [4.78, 5) is 13.0. The van der Waals surface area contributed by atoms with Gasteiger partial charge in [0.25, 0.3) is 0 Å². The number of benzene rings is 1. The van der Waals surface area contributed by atoms with E-state index < -0.39 is 0 Å². The van der Waals surface area contributed by atoms with E-state index in [0.717, 1.165) is 17.7 Å². The second-order valence-corrected chi connectivity index (χ2v) is 5.61. The Kier molecular flexibility index (Phi) is 6.83. The number of carbonyl (C=O) groups excluding carboxylic acids is 1. The molecule has 1 rings (SSSR count). The van der Waals surface area contributed by atoms with Crippen LogP contribution in [0.3, 0.4) is 0 Å². The lowest BCUT2D eigenvalue weighted by molar-refractivity contribution is -0.124. The van der Waals surface area contributed by atoms with Crippen LogP contribution in [0.1, 0.15) is 25.8 Å². The third kappa shape index (κ3) is 5.10. The summed E-state index contributed by atoms with van der Waals surface area (Å²) in [6.45, 7) is 5.18. The number of carbonyl (C=O) groups is 1. The van der Waals surface area contributed by atoms with Crippen molar-refractivity contribution < 1.29 is 4.79 Å². The molecule has 1 unspecified atom stereocenters. The van der Waals surface area contributed by atoms with Gasteiger partial charge in [-0.15, -0.1) is 11.8 Å². The van der Waals surface area contributed by atoms with Crippen LogP contribution in [-0.4, -0.2) is 18.2 Å². The number of nitrogens with one attached hydrogen (secondary N) is 1. The van der Waals surface area contributed by atoms with Gasteiger partial charge in [0.15, 0.2) is 0 Å².